The second-order valence-corrected chi connectivity index (χ2v) is 10.2. The van der Waals surface area contributed by atoms with Crippen LogP contribution in [0.15, 0.2) is 78.9 Å². The van der Waals surface area contributed by atoms with Crippen molar-refractivity contribution < 1.29 is 19.1 Å². The Morgan fingerprint density at radius 3 is 2.16 bits per heavy atom. The minimum atomic E-state index is -0.417. The fraction of sp³-hybridized carbons (Fsp3) is 0.355. The average molecular weight is 499 g/mol. The van der Waals surface area contributed by atoms with E-state index in [4.69, 9.17) is 9.47 Å². The second-order valence-electron chi connectivity index (χ2n) is 10.2. The number of benzene rings is 3. The molecule has 6 nitrogen and oxygen atoms in total. The van der Waals surface area contributed by atoms with E-state index in [0.29, 0.717) is 16.7 Å². The van der Waals surface area contributed by atoms with Gasteiger partial charge in [0, 0.05) is 26.6 Å². The molecule has 0 atom stereocenters. The molecule has 2 fully saturated rings. The van der Waals surface area contributed by atoms with E-state index < -0.39 is 5.97 Å². The molecule has 3 aromatic carbocycles. The SMILES string of the molecule is CC(=O)Oc1ccccc1C(=O)N1CCC2(CCN(Cc3cccc(Oc4ccccc4)c3)CC2)CC1. The van der Waals surface area contributed by atoms with Crippen molar-refractivity contribution >= 4 is 11.9 Å². The quantitative estimate of drug-likeness (QED) is 0.312. The monoisotopic (exact) mass is 498 g/mol. The van der Waals surface area contributed by atoms with E-state index in [2.05, 4.69) is 23.1 Å². The number of carbonyl (C=O) groups is 2. The molecule has 0 radical (unpaired) electrons. The number of esters is 1. The first-order valence-corrected chi connectivity index (χ1v) is 13.1. The van der Waals surface area contributed by atoms with Gasteiger partial charge in [0.15, 0.2) is 0 Å². The molecule has 2 aliphatic heterocycles. The van der Waals surface area contributed by atoms with Gasteiger partial charge in [0.1, 0.15) is 17.2 Å². The van der Waals surface area contributed by atoms with Crippen molar-refractivity contribution in [2.75, 3.05) is 26.2 Å². The highest BCUT2D eigenvalue weighted by molar-refractivity contribution is 5.97. The number of nitrogens with zero attached hydrogens (tertiary/aromatic N) is 2. The van der Waals surface area contributed by atoms with Gasteiger partial charge < -0.3 is 14.4 Å². The van der Waals surface area contributed by atoms with Crippen LogP contribution >= 0.6 is 0 Å². The van der Waals surface area contributed by atoms with Gasteiger partial charge in [-0.2, -0.15) is 0 Å². The van der Waals surface area contributed by atoms with E-state index in [9.17, 15) is 9.59 Å². The summed E-state index contributed by atoms with van der Waals surface area (Å²) >= 11 is 0. The van der Waals surface area contributed by atoms with E-state index in [-0.39, 0.29) is 5.91 Å². The van der Waals surface area contributed by atoms with Crippen LogP contribution in [0.5, 0.6) is 17.2 Å². The fourth-order valence-corrected chi connectivity index (χ4v) is 5.52. The third-order valence-corrected chi connectivity index (χ3v) is 7.68. The number of likely N-dealkylation sites (tertiary alicyclic amines) is 2. The molecule has 0 unspecified atom stereocenters. The van der Waals surface area contributed by atoms with Crippen LogP contribution < -0.4 is 9.47 Å². The van der Waals surface area contributed by atoms with Crippen LogP contribution in [0, 0.1) is 5.41 Å². The summed E-state index contributed by atoms with van der Waals surface area (Å²) in [5.74, 6) is 1.58. The van der Waals surface area contributed by atoms with Crippen LogP contribution in [0.25, 0.3) is 0 Å². The van der Waals surface area contributed by atoms with Crippen LogP contribution in [0.4, 0.5) is 0 Å². The lowest BCUT2D eigenvalue weighted by atomic mass is 9.71. The zero-order chi connectivity index (χ0) is 25.7. The Balaban J connectivity index is 1.13. The first kappa shape index (κ1) is 25.0. The zero-order valence-corrected chi connectivity index (χ0v) is 21.4. The van der Waals surface area contributed by atoms with E-state index in [0.717, 1.165) is 69.9 Å². The van der Waals surface area contributed by atoms with Gasteiger partial charge >= 0.3 is 5.97 Å². The molecule has 0 N–H and O–H groups in total. The molecular formula is C31H34N2O4. The van der Waals surface area contributed by atoms with Crippen molar-refractivity contribution in [3.05, 3.63) is 90.0 Å². The summed E-state index contributed by atoms with van der Waals surface area (Å²) in [5, 5.41) is 0. The third kappa shape index (κ3) is 6.20. The number of carbonyl (C=O) groups excluding carboxylic acids is 2. The van der Waals surface area contributed by atoms with Crippen molar-refractivity contribution in [3.8, 4) is 17.2 Å². The lowest BCUT2D eigenvalue weighted by Gasteiger charge is -2.47. The molecule has 5 rings (SSSR count). The van der Waals surface area contributed by atoms with Crippen molar-refractivity contribution in [1.29, 1.82) is 0 Å². The Kier molecular flexibility index (Phi) is 7.56. The molecular weight excluding hydrogens is 464 g/mol. The third-order valence-electron chi connectivity index (χ3n) is 7.68. The Morgan fingerprint density at radius 1 is 0.784 bits per heavy atom. The van der Waals surface area contributed by atoms with Gasteiger partial charge in [-0.15, -0.1) is 0 Å². The summed E-state index contributed by atoms with van der Waals surface area (Å²) < 4.78 is 11.3. The van der Waals surface area contributed by atoms with E-state index >= 15 is 0 Å². The average Bonchev–Trinajstić information content (AvgIpc) is 2.91. The molecule has 1 spiro atoms. The molecule has 3 aromatic rings. The Labute approximate surface area is 218 Å². The van der Waals surface area contributed by atoms with Gasteiger partial charge in [-0.25, -0.2) is 0 Å². The van der Waals surface area contributed by atoms with Gasteiger partial charge in [-0.05, 0) is 86.1 Å². The van der Waals surface area contributed by atoms with Crippen LogP contribution in [-0.4, -0.2) is 47.9 Å². The maximum absolute atomic E-state index is 13.2. The Hall–Kier alpha value is -3.64. The van der Waals surface area contributed by atoms with E-state index in [1.807, 2.05) is 47.4 Å². The summed E-state index contributed by atoms with van der Waals surface area (Å²) in [4.78, 5) is 29.1. The highest BCUT2D eigenvalue weighted by atomic mass is 16.5. The summed E-state index contributed by atoms with van der Waals surface area (Å²) in [6, 6.07) is 25.2. The molecule has 0 aliphatic carbocycles. The van der Waals surface area contributed by atoms with Crippen molar-refractivity contribution in [2.45, 2.75) is 39.2 Å². The molecule has 2 aliphatic rings. The number of para-hydroxylation sites is 2. The molecule has 2 heterocycles. The first-order valence-electron chi connectivity index (χ1n) is 13.1. The second kappa shape index (κ2) is 11.2. The number of ether oxygens (including phenoxy) is 2. The lowest BCUT2D eigenvalue weighted by Crippen LogP contribution is -2.48. The number of hydrogen-bond acceptors (Lipinski definition) is 5. The lowest BCUT2D eigenvalue weighted by molar-refractivity contribution is -0.131. The Morgan fingerprint density at radius 2 is 1.43 bits per heavy atom. The number of piperidine rings is 2. The van der Waals surface area contributed by atoms with Gasteiger partial charge in [-0.3, -0.25) is 14.5 Å². The topological polar surface area (TPSA) is 59.1 Å². The molecule has 0 bridgehead atoms. The maximum atomic E-state index is 13.2. The van der Waals surface area contributed by atoms with Crippen LogP contribution in [-0.2, 0) is 11.3 Å². The molecule has 1 amide bonds. The molecule has 37 heavy (non-hydrogen) atoms. The summed E-state index contributed by atoms with van der Waals surface area (Å²) in [6.07, 6.45) is 4.34. The van der Waals surface area contributed by atoms with Crippen LogP contribution in [0.1, 0.15) is 48.5 Å². The number of rotatable bonds is 6. The first-order chi connectivity index (χ1) is 18.0. The van der Waals surface area contributed by atoms with Gasteiger partial charge in [0.25, 0.3) is 5.91 Å². The normalized spacial score (nSPS) is 17.4. The summed E-state index contributed by atoms with van der Waals surface area (Å²) in [6.45, 7) is 5.88. The predicted molar refractivity (Wildman–Crippen MR) is 143 cm³/mol. The number of hydrogen-bond donors (Lipinski definition) is 0. The zero-order valence-electron chi connectivity index (χ0n) is 21.4. The van der Waals surface area contributed by atoms with Gasteiger partial charge in [-0.1, -0.05) is 42.5 Å². The molecule has 2 saturated heterocycles. The van der Waals surface area contributed by atoms with Crippen LogP contribution in [0.3, 0.4) is 0 Å². The largest absolute Gasteiger partial charge is 0.457 e. The van der Waals surface area contributed by atoms with E-state index in [1.165, 1.54) is 12.5 Å². The number of amides is 1. The Bertz CT molecular complexity index is 1220. The molecule has 6 heteroatoms. The summed E-state index contributed by atoms with van der Waals surface area (Å²) in [5.41, 5.74) is 2.03. The molecule has 0 aromatic heterocycles. The highest BCUT2D eigenvalue weighted by Gasteiger charge is 2.39. The maximum Gasteiger partial charge on any atom is 0.308 e. The minimum Gasteiger partial charge on any atom is -0.457 e. The molecule has 0 saturated carbocycles. The highest BCUT2D eigenvalue weighted by Crippen LogP contribution is 2.42. The van der Waals surface area contributed by atoms with Gasteiger partial charge in [0.2, 0.25) is 0 Å². The fourth-order valence-electron chi connectivity index (χ4n) is 5.52. The van der Waals surface area contributed by atoms with Crippen molar-refractivity contribution in [1.82, 2.24) is 9.80 Å². The van der Waals surface area contributed by atoms with Crippen LogP contribution in [0.2, 0.25) is 0 Å². The van der Waals surface area contributed by atoms with Gasteiger partial charge in [0.05, 0.1) is 5.56 Å². The molecule has 192 valence electrons. The smallest absolute Gasteiger partial charge is 0.308 e. The standard InChI is InChI=1S/C31H34N2O4/c1-24(34)36-29-13-6-5-12-28(29)30(35)33-20-16-31(17-21-33)14-18-32(19-15-31)23-25-8-7-11-27(22-25)37-26-9-3-2-4-10-26/h2-13,22H,14-21,23H2,1H3. The van der Waals surface area contributed by atoms with E-state index in [1.54, 1.807) is 18.2 Å². The minimum absolute atomic E-state index is 0.0539. The predicted octanol–water partition coefficient (Wildman–Crippen LogP) is 5.92. The van der Waals surface area contributed by atoms with Crippen molar-refractivity contribution in [3.63, 3.8) is 0 Å². The summed E-state index contributed by atoms with van der Waals surface area (Å²) in [7, 11) is 0. The van der Waals surface area contributed by atoms with Crippen molar-refractivity contribution in [2.24, 2.45) is 5.41 Å².